The van der Waals surface area contributed by atoms with Crippen LogP contribution < -0.4 is 0 Å². The molecule has 0 radical (unpaired) electrons. The highest BCUT2D eigenvalue weighted by molar-refractivity contribution is 5.70. The minimum Gasteiger partial charge on any atom is -0.462 e. The van der Waals surface area contributed by atoms with Gasteiger partial charge < -0.3 is 64.2 Å². The van der Waals surface area contributed by atoms with E-state index >= 15 is 0 Å². The summed E-state index contributed by atoms with van der Waals surface area (Å²) < 4.78 is 33.6. The highest BCUT2D eigenvalue weighted by Crippen LogP contribution is 2.27. The number of carbonyl (C=O) groups excluding carboxylic acids is 2. The Balaban J connectivity index is 1.77. The van der Waals surface area contributed by atoms with Crippen LogP contribution in [-0.4, -0.2) is 142 Å². The Morgan fingerprint density at radius 2 is 0.843 bits per heavy atom. The molecule has 0 saturated carbocycles. The molecule has 7 N–H and O–H groups in total. The lowest BCUT2D eigenvalue weighted by atomic mass is 9.98. The third-order valence-electron chi connectivity index (χ3n) is 13.8. The highest BCUT2D eigenvalue weighted by Gasteiger charge is 2.47. The Kier molecular flexibility index (Phi) is 39.1. The van der Waals surface area contributed by atoms with Crippen LogP contribution in [0.1, 0.15) is 232 Å². The first-order valence-electron chi connectivity index (χ1n) is 28.3. The molecule has 0 aromatic rings. The molecule has 0 aromatic heterocycles. The zero-order valence-corrected chi connectivity index (χ0v) is 43.8. The minimum absolute atomic E-state index is 0.139. The minimum atomic E-state index is -1.77. The lowest BCUT2D eigenvalue weighted by Crippen LogP contribution is -2.61. The second kappa shape index (κ2) is 42.6. The number of esters is 2. The highest BCUT2D eigenvalue weighted by atomic mass is 16.7. The van der Waals surface area contributed by atoms with Crippen molar-refractivity contribution in [2.75, 3.05) is 26.4 Å². The first-order valence-corrected chi connectivity index (χ1v) is 28.3. The molecule has 2 aliphatic heterocycles. The summed E-state index contributed by atoms with van der Waals surface area (Å²) in [4.78, 5) is 25.8. The number of hydrogen-bond acceptors (Lipinski definition) is 15. The van der Waals surface area contributed by atoms with Crippen molar-refractivity contribution < 1.29 is 73.8 Å². The number of aliphatic hydroxyl groups excluding tert-OH is 7. The largest absolute Gasteiger partial charge is 0.462 e. The molecule has 70 heavy (non-hydrogen) atoms. The van der Waals surface area contributed by atoms with E-state index in [-0.39, 0.29) is 26.1 Å². The van der Waals surface area contributed by atoms with Gasteiger partial charge in [-0.05, 0) is 25.7 Å². The van der Waals surface area contributed by atoms with Crippen molar-refractivity contribution in [2.45, 2.75) is 300 Å². The van der Waals surface area contributed by atoms with E-state index in [4.69, 9.17) is 28.4 Å². The average molecular weight is 1000 g/mol. The van der Waals surface area contributed by atoms with E-state index in [2.05, 4.69) is 19.9 Å². The van der Waals surface area contributed by atoms with Gasteiger partial charge in [-0.3, -0.25) is 9.59 Å². The molecule has 0 bridgehead atoms. The Morgan fingerprint density at radius 3 is 1.31 bits per heavy atom. The second-order valence-electron chi connectivity index (χ2n) is 20.1. The van der Waals surface area contributed by atoms with Gasteiger partial charge in [0.05, 0.1) is 19.8 Å². The number of allylic oxidation sites excluding steroid dienone is 2. The lowest BCUT2D eigenvalue weighted by Gasteiger charge is -2.42. The number of aliphatic hydroxyl groups is 7. The van der Waals surface area contributed by atoms with Crippen molar-refractivity contribution >= 4 is 11.9 Å². The number of hydrogen-bond donors (Lipinski definition) is 7. The fourth-order valence-electron chi connectivity index (χ4n) is 9.12. The lowest BCUT2D eigenvalue weighted by molar-refractivity contribution is -0.332. The maximum absolute atomic E-state index is 13.0. The van der Waals surface area contributed by atoms with Crippen molar-refractivity contribution in [2.24, 2.45) is 0 Å². The molecule has 0 aliphatic carbocycles. The van der Waals surface area contributed by atoms with Gasteiger partial charge in [0.2, 0.25) is 0 Å². The van der Waals surface area contributed by atoms with E-state index < -0.39 is 92.7 Å². The molecule has 2 saturated heterocycles. The Morgan fingerprint density at radius 1 is 0.443 bits per heavy atom. The van der Waals surface area contributed by atoms with Crippen molar-refractivity contribution in [3.05, 3.63) is 12.2 Å². The van der Waals surface area contributed by atoms with Gasteiger partial charge in [-0.1, -0.05) is 206 Å². The quantitative estimate of drug-likeness (QED) is 0.0172. The molecule has 0 spiro atoms. The molecule has 2 fully saturated rings. The van der Waals surface area contributed by atoms with E-state index in [0.29, 0.717) is 12.8 Å². The maximum Gasteiger partial charge on any atom is 0.306 e. The third-order valence-corrected chi connectivity index (χ3v) is 13.8. The van der Waals surface area contributed by atoms with E-state index in [1.165, 1.54) is 161 Å². The standard InChI is InChI=1S/C55H102O15/c1-3-5-7-9-11-13-15-17-19-20-21-22-24-26-28-30-32-34-36-38-47(58)68-43(40-65-46(57)37-35-33-31-29-27-25-23-18-16-14-12-10-8-6-4-2)41-66-54-53(64)51(62)49(60)45(70-54)42-67-55-52(63)50(61)48(59)44(39-56)69-55/h31,33,43-45,48-56,59-64H,3-30,32,34-42H2,1-2H3/b33-31+/t43-,44+,45+,48-,49-,50?,51?,52?,53?,54+,55+/m1/s1. The summed E-state index contributed by atoms with van der Waals surface area (Å²) in [6, 6.07) is 0. The molecule has 0 aromatic carbocycles. The molecule has 2 aliphatic rings. The van der Waals surface area contributed by atoms with Gasteiger partial charge in [-0.15, -0.1) is 0 Å². The second-order valence-corrected chi connectivity index (χ2v) is 20.1. The van der Waals surface area contributed by atoms with Crippen LogP contribution >= 0.6 is 0 Å². The summed E-state index contributed by atoms with van der Waals surface area (Å²) >= 11 is 0. The normalized spacial score (nSPS) is 25.4. The van der Waals surface area contributed by atoms with E-state index in [1.54, 1.807) is 0 Å². The molecule has 2 heterocycles. The molecule has 11 atom stereocenters. The summed E-state index contributed by atoms with van der Waals surface area (Å²) in [5.74, 6) is -0.967. The molecule has 412 valence electrons. The molecule has 2 rings (SSSR count). The molecule has 15 nitrogen and oxygen atoms in total. The van der Waals surface area contributed by atoms with Crippen LogP contribution in [0.25, 0.3) is 0 Å². The van der Waals surface area contributed by atoms with Crippen molar-refractivity contribution in [1.82, 2.24) is 0 Å². The summed E-state index contributed by atoms with van der Waals surface area (Å²) in [5, 5.41) is 72.2. The molecule has 4 unspecified atom stereocenters. The smallest absolute Gasteiger partial charge is 0.306 e. The van der Waals surface area contributed by atoms with Gasteiger partial charge in [-0.25, -0.2) is 0 Å². The van der Waals surface area contributed by atoms with Crippen molar-refractivity contribution in [1.29, 1.82) is 0 Å². The summed E-state index contributed by atoms with van der Waals surface area (Å²) in [5.41, 5.74) is 0. The zero-order chi connectivity index (χ0) is 51.0. The Hall–Kier alpha value is -1.76. The fraction of sp³-hybridized carbons (Fsp3) is 0.927. The van der Waals surface area contributed by atoms with E-state index in [0.717, 1.165) is 32.1 Å². The van der Waals surface area contributed by atoms with Gasteiger partial charge in [0.25, 0.3) is 0 Å². The first-order chi connectivity index (χ1) is 34.0. The predicted molar refractivity (Wildman–Crippen MR) is 271 cm³/mol. The predicted octanol–water partition coefficient (Wildman–Crippen LogP) is 8.94. The van der Waals surface area contributed by atoms with Crippen molar-refractivity contribution in [3.8, 4) is 0 Å². The zero-order valence-electron chi connectivity index (χ0n) is 43.8. The SMILES string of the molecule is CCCCCCCCCCCCC/C=C/CCC(=O)OC[C@H](CO[C@H]1O[C@@H](CO[C@H]2O[C@@H](CO)[C@@H](O)C(O)C2O)[C@@H](O)C(O)C1O)OC(=O)CCCCCCCCCCCCCCCCCCCCC. The Labute approximate surface area is 422 Å². The topological polar surface area (TPSA) is 231 Å². The van der Waals surface area contributed by atoms with E-state index in [9.17, 15) is 45.3 Å². The van der Waals surface area contributed by atoms with Gasteiger partial charge in [-0.2, -0.15) is 0 Å². The van der Waals surface area contributed by atoms with Gasteiger partial charge in [0.15, 0.2) is 18.7 Å². The van der Waals surface area contributed by atoms with Crippen LogP contribution in [0.15, 0.2) is 12.2 Å². The summed E-state index contributed by atoms with van der Waals surface area (Å²) in [7, 11) is 0. The van der Waals surface area contributed by atoms with Crippen LogP contribution in [-0.2, 0) is 38.0 Å². The van der Waals surface area contributed by atoms with E-state index in [1.807, 2.05) is 6.08 Å². The third kappa shape index (κ3) is 29.8. The fourth-order valence-corrected chi connectivity index (χ4v) is 9.12. The molecule has 15 heteroatoms. The average Bonchev–Trinajstić information content (AvgIpc) is 3.35. The number of rotatable bonds is 45. The van der Waals surface area contributed by atoms with Crippen LogP contribution in [0.3, 0.4) is 0 Å². The van der Waals surface area contributed by atoms with Crippen LogP contribution in [0.4, 0.5) is 0 Å². The molecular formula is C55H102O15. The molecule has 0 amide bonds. The number of carbonyl (C=O) groups is 2. The first kappa shape index (κ1) is 64.4. The monoisotopic (exact) mass is 1000 g/mol. The van der Waals surface area contributed by atoms with Crippen molar-refractivity contribution in [3.63, 3.8) is 0 Å². The summed E-state index contributed by atoms with van der Waals surface area (Å²) in [6.07, 6.45) is 26.8. The van der Waals surface area contributed by atoms with Crippen LogP contribution in [0.5, 0.6) is 0 Å². The van der Waals surface area contributed by atoms with Gasteiger partial charge >= 0.3 is 11.9 Å². The number of unbranched alkanes of at least 4 members (excludes halogenated alkanes) is 29. The molecular weight excluding hydrogens is 901 g/mol. The maximum atomic E-state index is 13.0. The van der Waals surface area contributed by atoms with Crippen LogP contribution in [0.2, 0.25) is 0 Å². The Bertz CT molecular complexity index is 1270. The summed E-state index contributed by atoms with van der Waals surface area (Å²) in [6.45, 7) is 2.60. The van der Waals surface area contributed by atoms with Gasteiger partial charge in [0.1, 0.15) is 55.4 Å². The van der Waals surface area contributed by atoms with Gasteiger partial charge in [0, 0.05) is 12.8 Å². The van der Waals surface area contributed by atoms with Crippen LogP contribution in [0, 0.1) is 0 Å². The number of ether oxygens (including phenoxy) is 6.